The summed E-state index contributed by atoms with van der Waals surface area (Å²) in [5.41, 5.74) is 0. The Morgan fingerprint density at radius 2 is 1.25 bits per heavy atom. The minimum absolute atomic E-state index is 0. The Balaban J connectivity index is 0. The largest absolute Gasteiger partial charge is 0 e. The van der Waals surface area contributed by atoms with Gasteiger partial charge in [0.1, 0.15) is 0 Å². The van der Waals surface area contributed by atoms with Crippen LogP contribution in [0.25, 0.3) is 0 Å². The van der Waals surface area contributed by atoms with E-state index in [0.29, 0.717) is 0 Å². The van der Waals surface area contributed by atoms with Gasteiger partial charge in [-0.2, -0.15) is 0 Å². The topological polar surface area (TPSA) is 0 Å². The van der Waals surface area contributed by atoms with Gasteiger partial charge in [-0.3, -0.25) is 0 Å². The Labute approximate surface area is 53.3 Å². The molecule has 0 unspecified atom stereocenters. The van der Waals surface area contributed by atoms with Crippen molar-refractivity contribution in [2.45, 2.75) is 0 Å². The minimum Gasteiger partial charge on any atom is 0 e. The number of rotatable bonds is 0. The SMILES string of the molecule is [SH][GeH2][SH].[V]. The van der Waals surface area contributed by atoms with Crippen LogP contribution in [0.15, 0.2) is 0 Å². The summed E-state index contributed by atoms with van der Waals surface area (Å²) in [4.78, 5) is 0. The molecule has 4 heavy (non-hydrogen) atoms. The Morgan fingerprint density at radius 3 is 1.25 bits per heavy atom. The molecule has 0 fully saturated rings. The second-order valence-corrected chi connectivity index (χ2v) is 6.61. The molecule has 0 aromatic rings. The van der Waals surface area contributed by atoms with Crippen LogP contribution in [-0.4, -0.2) is 13.1 Å². The summed E-state index contributed by atoms with van der Waals surface area (Å²) in [5, 5.41) is 0. The molecule has 0 saturated heterocycles. The quantitative estimate of drug-likeness (QED) is 0.386. The molecule has 0 aromatic carbocycles. The zero-order chi connectivity index (χ0) is 2.71. The molecule has 0 N–H and O–H groups in total. The van der Waals surface area contributed by atoms with E-state index in [1.165, 1.54) is 0 Å². The average Bonchev–Trinajstić information content (AvgIpc) is 0.918. The van der Waals surface area contributed by atoms with Gasteiger partial charge in [0, 0.05) is 18.6 Å². The molecule has 0 aliphatic heterocycles. The van der Waals surface area contributed by atoms with E-state index in [1.807, 2.05) is 0 Å². The molecule has 0 aromatic heterocycles. The molecule has 4 heteroatoms. The second kappa shape index (κ2) is 8.85. The summed E-state index contributed by atoms with van der Waals surface area (Å²) in [5.74, 6) is 0. The van der Waals surface area contributed by atoms with Gasteiger partial charge in [0.2, 0.25) is 0 Å². The third-order valence-electron chi connectivity index (χ3n) is 0. The van der Waals surface area contributed by atoms with Crippen molar-refractivity contribution in [2.24, 2.45) is 0 Å². The molecular formula is H4GeS2V. The van der Waals surface area contributed by atoms with E-state index in [2.05, 4.69) is 21.9 Å². The third-order valence-corrected chi connectivity index (χ3v) is 0. The fourth-order valence-corrected chi connectivity index (χ4v) is 0. The zero-order valence-electron chi connectivity index (χ0n) is 2.05. The zero-order valence-corrected chi connectivity index (χ0v) is 8.20. The van der Waals surface area contributed by atoms with Crippen molar-refractivity contribution in [2.75, 3.05) is 0 Å². The van der Waals surface area contributed by atoms with Gasteiger partial charge in [-0.15, -0.1) is 0 Å². The van der Waals surface area contributed by atoms with Crippen LogP contribution in [0.3, 0.4) is 0 Å². The Morgan fingerprint density at radius 1 is 1.25 bits per heavy atom. The Bertz CT molecular complexity index is 6.00. The van der Waals surface area contributed by atoms with Crippen LogP contribution in [-0.2, 0) is 18.6 Å². The molecule has 0 aliphatic carbocycles. The molecule has 0 aliphatic rings. The summed E-state index contributed by atoms with van der Waals surface area (Å²) in [6.07, 6.45) is 0. The number of thiol groups is 2. The van der Waals surface area contributed by atoms with Crippen LogP contribution in [0.4, 0.5) is 0 Å². The van der Waals surface area contributed by atoms with Crippen molar-refractivity contribution in [1.82, 2.24) is 0 Å². The van der Waals surface area contributed by atoms with Crippen LogP contribution in [0.1, 0.15) is 0 Å². The van der Waals surface area contributed by atoms with E-state index in [4.69, 9.17) is 0 Å². The third kappa shape index (κ3) is 9.16. The van der Waals surface area contributed by atoms with Crippen molar-refractivity contribution in [3.05, 3.63) is 0 Å². The maximum atomic E-state index is 3.84. The summed E-state index contributed by atoms with van der Waals surface area (Å²) < 4.78 is 0. The van der Waals surface area contributed by atoms with Crippen LogP contribution >= 0.6 is 21.9 Å². The first kappa shape index (κ1) is 9.27. The maximum Gasteiger partial charge on any atom is 0 e. The number of hydrogen-bond donors (Lipinski definition) is 2. The number of hydrogen-bond acceptors (Lipinski definition) is 2. The van der Waals surface area contributed by atoms with E-state index in [0.717, 1.165) is 0 Å². The Kier molecular flexibility index (Phi) is 20.5. The van der Waals surface area contributed by atoms with Gasteiger partial charge in [0.15, 0.2) is 0 Å². The average molecular weight is 192 g/mol. The van der Waals surface area contributed by atoms with Gasteiger partial charge in [-0.1, -0.05) is 0 Å². The van der Waals surface area contributed by atoms with Crippen LogP contribution in [0.2, 0.25) is 0 Å². The molecule has 0 saturated carbocycles. The predicted octanol–water partition coefficient (Wildman–Crippen LogP) is -0.158. The van der Waals surface area contributed by atoms with E-state index in [-0.39, 0.29) is 18.6 Å². The van der Waals surface area contributed by atoms with Gasteiger partial charge >= 0.3 is 35.1 Å². The first-order valence-corrected chi connectivity index (χ1v) is 9.86. The summed E-state index contributed by atoms with van der Waals surface area (Å²) >= 11 is -0.486. The van der Waals surface area contributed by atoms with Crippen LogP contribution < -0.4 is 0 Å². The van der Waals surface area contributed by atoms with Crippen molar-refractivity contribution in [3.63, 3.8) is 0 Å². The van der Waals surface area contributed by atoms with E-state index >= 15 is 0 Å². The summed E-state index contributed by atoms with van der Waals surface area (Å²) in [6, 6.07) is 0. The summed E-state index contributed by atoms with van der Waals surface area (Å²) in [6.45, 7) is 0. The molecule has 0 nitrogen and oxygen atoms in total. The van der Waals surface area contributed by atoms with E-state index in [1.54, 1.807) is 0 Å². The first-order chi connectivity index (χ1) is 1.41. The molecule has 0 heterocycles. The van der Waals surface area contributed by atoms with Crippen molar-refractivity contribution in [3.8, 4) is 0 Å². The van der Waals surface area contributed by atoms with Crippen LogP contribution in [0, 0.1) is 0 Å². The Hall–Kier alpha value is 1.83. The van der Waals surface area contributed by atoms with E-state index in [9.17, 15) is 0 Å². The molecule has 0 spiro atoms. The second-order valence-electron chi connectivity index (χ2n) is 0.141. The molecule has 0 amide bonds. The fourth-order valence-electron chi connectivity index (χ4n) is 0. The molecule has 0 bridgehead atoms. The van der Waals surface area contributed by atoms with Crippen molar-refractivity contribution >= 4 is 35.1 Å². The minimum atomic E-state index is -0.486. The van der Waals surface area contributed by atoms with Gasteiger partial charge in [0.05, 0.1) is 0 Å². The van der Waals surface area contributed by atoms with E-state index < -0.39 is 13.1 Å². The van der Waals surface area contributed by atoms with Gasteiger partial charge in [-0.05, 0) is 0 Å². The van der Waals surface area contributed by atoms with Crippen LogP contribution in [0.5, 0.6) is 0 Å². The monoisotopic (exact) mass is 193 g/mol. The molecule has 0 atom stereocenters. The first-order valence-electron chi connectivity index (χ1n) is 0.632. The molecule has 1 radical (unpaired) electrons. The fraction of sp³-hybridized carbons (Fsp3) is 0. The normalized spacial score (nSPS) is 4.50. The maximum absolute atomic E-state index is 3.84. The molecule has 25 valence electrons. The predicted molar refractivity (Wildman–Crippen MR) is 26.5 cm³/mol. The van der Waals surface area contributed by atoms with Crippen molar-refractivity contribution < 1.29 is 18.6 Å². The van der Waals surface area contributed by atoms with Gasteiger partial charge in [-0.25, -0.2) is 0 Å². The molecular weight excluding hydrogens is 188 g/mol. The summed E-state index contributed by atoms with van der Waals surface area (Å²) in [7, 11) is 7.68. The van der Waals surface area contributed by atoms with Gasteiger partial charge < -0.3 is 0 Å². The molecule has 0 rings (SSSR count). The van der Waals surface area contributed by atoms with Gasteiger partial charge in [0.25, 0.3) is 0 Å². The smallest absolute Gasteiger partial charge is 0 e. The standard InChI is InChI=1S/GeH4S2.V/c2-1-3;/h2-3H,1H2;. The van der Waals surface area contributed by atoms with Crippen molar-refractivity contribution in [1.29, 1.82) is 0 Å².